The second kappa shape index (κ2) is 6.87. The Morgan fingerprint density at radius 3 is 2.76 bits per heavy atom. The van der Waals surface area contributed by atoms with Crippen molar-refractivity contribution >= 4 is 5.91 Å². The van der Waals surface area contributed by atoms with E-state index in [9.17, 15) is 9.18 Å². The Kier molecular flexibility index (Phi) is 5.14. The third kappa shape index (κ3) is 4.41. The smallest absolute Gasteiger partial charge is 0.231 e. The third-order valence-corrected chi connectivity index (χ3v) is 3.75. The number of nitrogens with zero attached hydrogens (tertiary/aromatic N) is 1. The van der Waals surface area contributed by atoms with Gasteiger partial charge in [-0.3, -0.25) is 9.69 Å². The topological polar surface area (TPSA) is 64.8 Å². The van der Waals surface area contributed by atoms with E-state index in [-0.39, 0.29) is 18.3 Å². The van der Waals surface area contributed by atoms with Crippen LogP contribution in [0.1, 0.15) is 12.8 Å². The number of likely N-dealkylation sites (tertiary alicyclic amines) is 1. The molecule has 21 heavy (non-hydrogen) atoms. The second-order valence-corrected chi connectivity index (χ2v) is 5.41. The first-order chi connectivity index (χ1) is 10.0. The molecule has 0 saturated carbocycles. The largest absolute Gasteiger partial charge is 0.491 e. The summed E-state index contributed by atoms with van der Waals surface area (Å²) >= 11 is 0. The highest BCUT2D eigenvalue weighted by Gasteiger charge is 2.36. The second-order valence-electron chi connectivity index (χ2n) is 5.41. The average molecular weight is 296 g/mol. The summed E-state index contributed by atoms with van der Waals surface area (Å²) in [6, 6.07) is 5.88. The van der Waals surface area contributed by atoms with Gasteiger partial charge in [0.05, 0.1) is 6.54 Å². The van der Waals surface area contributed by atoms with Crippen molar-refractivity contribution in [3.05, 3.63) is 30.1 Å². The first-order valence-corrected chi connectivity index (χ1v) is 6.97. The predicted octanol–water partition coefficient (Wildman–Crippen LogP) is 1.17. The molecule has 1 aromatic rings. The molecule has 0 bridgehead atoms. The number of carbonyl (C=O) groups is 1. The van der Waals surface area contributed by atoms with E-state index in [4.69, 9.17) is 15.2 Å². The van der Waals surface area contributed by atoms with Gasteiger partial charge in [-0.25, -0.2) is 4.39 Å². The minimum atomic E-state index is -0.470. The molecule has 0 aromatic heterocycles. The van der Waals surface area contributed by atoms with Crippen molar-refractivity contribution < 1.29 is 18.7 Å². The molecule has 2 N–H and O–H groups in total. The number of ether oxygens (including phenoxy) is 2. The fourth-order valence-electron chi connectivity index (χ4n) is 2.63. The van der Waals surface area contributed by atoms with Crippen LogP contribution in [0, 0.1) is 5.82 Å². The molecule has 1 aliphatic rings. The maximum Gasteiger partial charge on any atom is 0.231 e. The molecule has 1 saturated heterocycles. The van der Waals surface area contributed by atoms with E-state index in [2.05, 4.69) is 0 Å². The zero-order chi connectivity index (χ0) is 15.3. The lowest BCUT2D eigenvalue weighted by Crippen LogP contribution is -2.54. The highest BCUT2D eigenvalue weighted by Crippen LogP contribution is 2.26. The highest BCUT2D eigenvalue weighted by molar-refractivity contribution is 5.75. The number of halogens is 1. The van der Waals surface area contributed by atoms with Crippen LogP contribution >= 0.6 is 0 Å². The van der Waals surface area contributed by atoms with Crippen molar-refractivity contribution in [3.8, 4) is 5.75 Å². The molecule has 2 rings (SSSR count). The molecule has 1 heterocycles. The van der Waals surface area contributed by atoms with E-state index in [1.165, 1.54) is 12.1 Å². The fourth-order valence-corrected chi connectivity index (χ4v) is 2.63. The Bertz CT molecular complexity index is 480. The van der Waals surface area contributed by atoms with E-state index < -0.39 is 5.60 Å². The van der Waals surface area contributed by atoms with E-state index in [0.29, 0.717) is 18.9 Å². The van der Waals surface area contributed by atoms with E-state index in [0.717, 1.165) is 19.4 Å². The van der Waals surface area contributed by atoms with Crippen molar-refractivity contribution in [1.82, 2.24) is 4.90 Å². The van der Waals surface area contributed by atoms with Crippen LogP contribution in [0.25, 0.3) is 0 Å². The Morgan fingerprint density at radius 1 is 1.43 bits per heavy atom. The van der Waals surface area contributed by atoms with Gasteiger partial charge in [0.15, 0.2) is 0 Å². The van der Waals surface area contributed by atoms with E-state index in [1.807, 2.05) is 4.90 Å². The number of nitrogens with two attached hydrogens (primary N) is 1. The summed E-state index contributed by atoms with van der Waals surface area (Å²) in [4.78, 5) is 13.0. The molecule has 1 amide bonds. The zero-order valence-electron chi connectivity index (χ0n) is 12.2. The summed E-state index contributed by atoms with van der Waals surface area (Å²) in [7, 11) is 1.64. The normalized spacial score (nSPS) is 23.0. The molecule has 1 aliphatic heterocycles. The highest BCUT2D eigenvalue weighted by atomic mass is 19.1. The van der Waals surface area contributed by atoms with Gasteiger partial charge >= 0.3 is 0 Å². The van der Waals surface area contributed by atoms with Gasteiger partial charge in [-0.1, -0.05) is 0 Å². The Labute approximate surface area is 123 Å². The van der Waals surface area contributed by atoms with Gasteiger partial charge < -0.3 is 15.2 Å². The Morgan fingerprint density at radius 2 is 2.14 bits per heavy atom. The van der Waals surface area contributed by atoms with Crippen LogP contribution in [0.3, 0.4) is 0 Å². The molecule has 1 fully saturated rings. The maximum atomic E-state index is 12.9. The van der Waals surface area contributed by atoms with Crippen LogP contribution < -0.4 is 10.5 Å². The number of methoxy groups -OCH3 is 1. The van der Waals surface area contributed by atoms with Gasteiger partial charge in [-0.2, -0.15) is 0 Å². The van der Waals surface area contributed by atoms with Gasteiger partial charge in [0.2, 0.25) is 5.91 Å². The van der Waals surface area contributed by atoms with Crippen LogP contribution in [0.5, 0.6) is 5.75 Å². The molecule has 0 unspecified atom stereocenters. The molecule has 0 aliphatic carbocycles. The molecule has 1 aromatic carbocycles. The minimum Gasteiger partial charge on any atom is -0.491 e. The lowest BCUT2D eigenvalue weighted by Gasteiger charge is -2.41. The summed E-state index contributed by atoms with van der Waals surface area (Å²) in [5, 5.41) is 0. The van der Waals surface area contributed by atoms with Crippen molar-refractivity contribution in [2.75, 3.05) is 33.4 Å². The van der Waals surface area contributed by atoms with Crippen molar-refractivity contribution in [1.29, 1.82) is 0 Å². The number of benzene rings is 1. The van der Waals surface area contributed by atoms with Crippen LogP contribution in [0.4, 0.5) is 4.39 Å². The van der Waals surface area contributed by atoms with Gasteiger partial charge in [-0.05, 0) is 43.7 Å². The van der Waals surface area contributed by atoms with Crippen LogP contribution in [0.15, 0.2) is 24.3 Å². The maximum absolute atomic E-state index is 12.9. The lowest BCUT2D eigenvalue weighted by molar-refractivity contribution is -0.123. The SMILES string of the molecule is CO[C@]1(COc2ccc(F)cc2)CCCN(CC(N)=O)C1. The Balaban J connectivity index is 1.96. The molecular weight excluding hydrogens is 275 g/mol. The molecule has 6 heteroatoms. The van der Waals surface area contributed by atoms with Gasteiger partial charge in [0.1, 0.15) is 23.8 Å². The summed E-state index contributed by atoms with van der Waals surface area (Å²) < 4.78 is 24.2. The average Bonchev–Trinajstić information content (AvgIpc) is 2.46. The standard InChI is InChI=1S/C15H21FN2O3/c1-20-15(7-2-8-18(10-15)9-14(17)19)11-21-13-5-3-12(16)4-6-13/h3-6H,2,7-11H2,1H3,(H2,17,19)/t15-/m1/s1. The molecular formula is C15H21FN2O3. The summed E-state index contributed by atoms with van der Waals surface area (Å²) in [5.41, 5.74) is 4.77. The number of carbonyl (C=O) groups excluding carboxylic acids is 1. The third-order valence-electron chi connectivity index (χ3n) is 3.75. The van der Waals surface area contributed by atoms with Crippen LogP contribution in [0.2, 0.25) is 0 Å². The lowest BCUT2D eigenvalue weighted by atomic mass is 9.93. The first-order valence-electron chi connectivity index (χ1n) is 6.97. The zero-order valence-corrected chi connectivity index (χ0v) is 12.2. The Hall–Kier alpha value is -1.66. The van der Waals surface area contributed by atoms with Crippen molar-refractivity contribution in [2.24, 2.45) is 5.73 Å². The molecule has 5 nitrogen and oxygen atoms in total. The number of primary amides is 1. The van der Waals surface area contributed by atoms with Gasteiger partial charge in [0.25, 0.3) is 0 Å². The predicted molar refractivity (Wildman–Crippen MR) is 76.5 cm³/mol. The molecule has 1 atom stereocenters. The van der Waals surface area contributed by atoms with Gasteiger partial charge in [-0.15, -0.1) is 0 Å². The van der Waals surface area contributed by atoms with E-state index in [1.54, 1.807) is 19.2 Å². The van der Waals surface area contributed by atoms with Gasteiger partial charge in [0, 0.05) is 13.7 Å². The number of piperidine rings is 1. The number of amides is 1. The molecule has 0 spiro atoms. The van der Waals surface area contributed by atoms with Crippen LogP contribution in [-0.2, 0) is 9.53 Å². The van der Waals surface area contributed by atoms with Crippen LogP contribution in [-0.4, -0.2) is 49.8 Å². The summed E-state index contributed by atoms with van der Waals surface area (Å²) in [6.45, 7) is 1.99. The minimum absolute atomic E-state index is 0.224. The quantitative estimate of drug-likeness (QED) is 0.856. The monoisotopic (exact) mass is 296 g/mol. The number of hydrogen-bond acceptors (Lipinski definition) is 4. The number of hydrogen-bond donors (Lipinski definition) is 1. The summed E-state index contributed by atoms with van der Waals surface area (Å²) in [6.07, 6.45) is 1.76. The summed E-state index contributed by atoms with van der Waals surface area (Å²) in [5.74, 6) is -0.0460. The van der Waals surface area contributed by atoms with Crippen molar-refractivity contribution in [3.63, 3.8) is 0 Å². The number of rotatable bonds is 6. The first kappa shape index (κ1) is 15.7. The molecule has 116 valence electrons. The fraction of sp³-hybridized carbons (Fsp3) is 0.533. The van der Waals surface area contributed by atoms with E-state index >= 15 is 0 Å². The van der Waals surface area contributed by atoms with Crippen molar-refractivity contribution in [2.45, 2.75) is 18.4 Å². The molecule has 0 radical (unpaired) electrons.